The molecule has 1 aromatic rings. The number of amides is 1. The zero-order valence-corrected chi connectivity index (χ0v) is 19.3. The molecule has 1 saturated heterocycles. The van der Waals surface area contributed by atoms with Crippen LogP contribution >= 0.6 is 0 Å². The van der Waals surface area contributed by atoms with E-state index in [1.807, 2.05) is 37.4 Å². The second kappa shape index (κ2) is 9.97. The number of aliphatic hydroxyl groups is 1. The Morgan fingerprint density at radius 1 is 1.18 bits per heavy atom. The van der Waals surface area contributed by atoms with E-state index < -0.39 is 11.6 Å². The molecule has 0 bridgehead atoms. The second-order valence-corrected chi connectivity index (χ2v) is 9.60. The summed E-state index contributed by atoms with van der Waals surface area (Å²) in [5, 5.41) is 13.1. The van der Waals surface area contributed by atoms with Crippen LogP contribution in [-0.2, 0) is 19.9 Å². The number of esters is 1. The van der Waals surface area contributed by atoms with Crippen LogP contribution in [0.1, 0.15) is 44.1 Å². The molecule has 2 unspecified atom stereocenters. The van der Waals surface area contributed by atoms with Crippen LogP contribution in [0.4, 0.5) is 0 Å². The standard InChI is InChI=1S/C25H34N4O4/c1-29(18-23(30)27-28-16-8-7-15-26-28)17-9-14-22(29)19-33-24(31)25(32,21-12-5-6-13-21)20-10-3-2-4-11-20/h2-4,7-8,10-11,15-16,21-22,26,32H,5-6,9,12-14,17-19H2,1H3/p+1/t22?,25?,29-/m1/s1. The number of allylic oxidation sites excluding steroid dienone is 2. The van der Waals surface area contributed by atoms with Gasteiger partial charge in [-0.1, -0.05) is 43.2 Å². The second-order valence-electron chi connectivity index (χ2n) is 9.60. The van der Waals surface area contributed by atoms with Gasteiger partial charge in [0.15, 0.2) is 12.1 Å². The molecule has 3 N–H and O–H groups in total. The van der Waals surface area contributed by atoms with E-state index in [9.17, 15) is 14.7 Å². The molecule has 1 amide bonds. The van der Waals surface area contributed by atoms with Crippen molar-refractivity contribution in [3.8, 4) is 0 Å². The van der Waals surface area contributed by atoms with E-state index in [0.29, 0.717) is 10.0 Å². The molecule has 0 radical (unpaired) electrons. The Morgan fingerprint density at radius 3 is 2.64 bits per heavy atom. The van der Waals surface area contributed by atoms with Crippen LogP contribution in [0.15, 0.2) is 54.9 Å². The van der Waals surface area contributed by atoms with Crippen molar-refractivity contribution in [2.75, 3.05) is 26.7 Å². The number of quaternary nitrogens is 1. The lowest BCUT2D eigenvalue weighted by molar-refractivity contribution is -0.913. The smallest absolute Gasteiger partial charge is 0.343 e. The van der Waals surface area contributed by atoms with E-state index in [4.69, 9.17) is 4.74 Å². The fourth-order valence-electron chi connectivity index (χ4n) is 5.42. The van der Waals surface area contributed by atoms with Crippen LogP contribution in [0, 0.1) is 5.92 Å². The van der Waals surface area contributed by atoms with Gasteiger partial charge in [0, 0.05) is 31.2 Å². The number of carbonyl (C=O) groups is 2. The first-order valence-electron chi connectivity index (χ1n) is 11.9. The summed E-state index contributed by atoms with van der Waals surface area (Å²) in [6, 6.07) is 9.17. The van der Waals surface area contributed by atoms with Crippen LogP contribution in [0.2, 0.25) is 0 Å². The molecule has 1 aromatic carbocycles. The Bertz CT molecular complexity index is 899. The van der Waals surface area contributed by atoms with E-state index in [-0.39, 0.29) is 31.0 Å². The van der Waals surface area contributed by atoms with Crippen LogP contribution in [0.3, 0.4) is 0 Å². The molecule has 1 aliphatic carbocycles. The molecule has 0 spiro atoms. The first kappa shape index (κ1) is 23.3. The molecule has 2 aliphatic heterocycles. The van der Waals surface area contributed by atoms with Gasteiger partial charge in [0.1, 0.15) is 12.6 Å². The molecule has 2 heterocycles. The predicted octanol–water partition coefficient (Wildman–Crippen LogP) is 2.10. The van der Waals surface area contributed by atoms with Gasteiger partial charge in [0.25, 0.3) is 5.91 Å². The Balaban J connectivity index is 1.40. The van der Waals surface area contributed by atoms with Gasteiger partial charge in [0.2, 0.25) is 0 Å². The summed E-state index contributed by atoms with van der Waals surface area (Å²) in [6.45, 7) is 1.31. The number of hydrazine groups is 2. The van der Waals surface area contributed by atoms with E-state index in [0.717, 1.165) is 45.1 Å². The van der Waals surface area contributed by atoms with Crippen molar-refractivity contribution in [2.45, 2.75) is 50.2 Å². The topological polar surface area (TPSA) is 90.9 Å². The maximum atomic E-state index is 13.3. The van der Waals surface area contributed by atoms with Gasteiger partial charge in [-0.2, -0.15) is 0 Å². The highest BCUT2D eigenvalue weighted by atomic mass is 16.6. The first-order chi connectivity index (χ1) is 15.9. The van der Waals surface area contributed by atoms with E-state index >= 15 is 0 Å². The summed E-state index contributed by atoms with van der Waals surface area (Å²) < 4.78 is 6.31. The molecule has 3 atom stereocenters. The van der Waals surface area contributed by atoms with Gasteiger partial charge in [-0.05, 0) is 30.6 Å². The molecular weight excluding hydrogens is 420 g/mol. The summed E-state index contributed by atoms with van der Waals surface area (Å²) in [5.41, 5.74) is 4.72. The molecule has 178 valence electrons. The minimum absolute atomic E-state index is 0.00746. The minimum atomic E-state index is -1.63. The van der Waals surface area contributed by atoms with Gasteiger partial charge in [-0.3, -0.25) is 10.2 Å². The highest BCUT2D eigenvalue weighted by Gasteiger charge is 2.49. The number of hydrogen-bond donors (Lipinski definition) is 3. The molecule has 3 aliphatic rings. The maximum Gasteiger partial charge on any atom is 0.343 e. The fourth-order valence-corrected chi connectivity index (χ4v) is 5.42. The number of ether oxygens (including phenoxy) is 1. The van der Waals surface area contributed by atoms with Crippen LogP contribution < -0.4 is 10.9 Å². The van der Waals surface area contributed by atoms with Gasteiger partial charge >= 0.3 is 5.97 Å². The van der Waals surface area contributed by atoms with Crippen molar-refractivity contribution < 1.29 is 23.9 Å². The fraction of sp³-hybridized carbons (Fsp3) is 0.520. The number of benzene rings is 1. The Labute approximate surface area is 195 Å². The number of hydrogen-bond acceptors (Lipinski definition) is 6. The number of rotatable bonds is 8. The van der Waals surface area contributed by atoms with Crippen molar-refractivity contribution in [2.24, 2.45) is 5.92 Å². The first-order valence-corrected chi connectivity index (χ1v) is 11.9. The molecular formula is C25H35N4O4+. The van der Waals surface area contributed by atoms with Crippen molar-refractivity contribution in [1.29, 1.82) is 0 Å². The van der Waals surface area contributed by atoms with E-state index in [2.05, 4.69) is 10.9 Å². The molecule has 4 rings (SSSR count). The van der Waals surface area contributed by atoms with Crippen molar-refractivity contribution >= 4 is 11.9 Å². The SMILES string of the molecule is C[N@+]1(CC(=O)NN2C=CC=CN2)CCCC1COC(=O)C(O)(c1ccccc1)C1CCCC1. The monoisotopic (exact) mass is 455 g/mol. The molecule has 1 saturated carbocycles. The minimum Gasteiger partial charge on any atom is -0.457 e. The zero-order valence-electron chi connectivity index (χ0n) is 19.3. The van der Waals surface area contributed by atoms with E-state index in [1.54, 1.807) is 24.5 Å². The normalized spacial score (nSPS) is 26.6. The number of likely N-dealkylation sites (N-methyl/N-ethyl adjacent to an activating group) is 1. The molecule has 8 heteroatoms. The van der Waals surface area contributed by atoms with Gasteiger partial charge in [0.05, 0.1) is 13.6 Å². The number of nitrogens with zero attached hydrogens (tertiary/aromatic N) is 2. The lowest BCUT2D eigenvalue weighted by Crippen LogP contribution is -2.58. The van der Waals surface area contributed by atoms with Gasteiger partial charge in [-0.25, -0.2) is 15.3 Å². The van der Waals surface area contributed by atoms with Crippen molar-refractivity contribution in [3.63, 3.8) is 0 Å². The summed E-state index contributed by atoms with van der Waals surface area (Å²) in [7, 11) is 2.03. The highest BCUT2D eigenvalue weighted by Crippen LogP contribution is 2.41. The zero-order chi connectivity index (χ0) is 23.3. The lowest BCUT2D eigenvalue weighted by atomic mass is 9.80. The van der Waals surface area contributed by atoms with Gasteiger partial charge in [-0.15, -0.1) is 0 Å². The van der Waals surface area contributed by atoms with Crippen molar-refractivity contribution in [1.82, 2.24) is 16.0 Å². The summed E-state index contributed by atoms with van der Waals surface area (Å²) in [5.74, 6) is -0.824. The molecule has 0 aromatic heterocycles. The summed E-state index contributed by atoms with van der Waals surface area (Å²) >= 11 is 0. The molecule has 2 fully saturated rings. The third-order valence-corrected chi connectivity index (χ3v) is 7.37. The average molecular weight is 456 g/mol. The Hall–Kier alpha value is -2.84. The Morgan fingerprint density at radius 2 is 1.94 bits per heavy atom. The van der Waals surface area contributed by atoms with Crippen LogP contribution in [-0.4, -0.2) is 59.4 Å². The molecule has 8 nitrogen and oxygen atoms in total. The summed E-state index contributed by atoms with van der Waals surface area (Å²) in [6.07, 6.45) is 12.6. The largest absolute Gasteiger partial charge is 0.457 e. The number of carbonyl (C=O) groups excluding carboxylic acids is 2. The Kier molecular flexibility index (Phi) is 7.05. The number of nitrogens with one attached hydrogen (secondary N) is 2. The third-order valence-electron chi connectivity index (χ3n) is 7.37. The molecule has 33 heavy (non-hydrogen) atoms. The van der Waals surface area contributed by atoms with Crippen LogP contribution in [0.5, 0.6) is 0 Å². The third kappa shape index (κ3) is 5.07. The lowest BCUT2D eigenvalue weighted by Gasteiger charge is -2.37. The summed E-state index contributed by atoms with van der Waals surface area (Å²) in [4.78, 5) is 26.0. The number of likely N-dealkylation sites (tertiary alicyclic amines) is 1. The van der Waals surface area contributed by atoms with Crippen molar-refractivity contribution in [3.05, 3.63) is 60.4 Å². The average Bonchev–Trinajstić information content (AvgIpc) is 3.48. The highest BCUT2D eigenvalue weighted by molar-refractivity contribution is 5.81. The van der Waals surface area contributed by atoms with Gasteiger partial charge < -0.3 is 14.3 Å². The van der Waals surface area contributed by atoms with E-state index in [1.165, 1.54) is 5.12 Å². The maximum absolute atomic E-state index is 13.3. The predicted molar refractivity (Wildman–Crippen MR) is 124 cm³/mol. The van der Waals surface area contributed by atoms with Crippen LogP contribution in [0.25, 0.3) is 0 Å². The quantitative estimate of drug-likeness (QED) is 0.411.